The van der Waals surface area contributed by atoms with Crippen molar-refractivity contribution in [3.05, 3.63) is 0 Å². The second-order valence-electron chi connectivity index (χ2n) is 4.17. The van der Waals surface area contributed by atoms with Crippen LogP contribution in [0.15, 0.2) is 0 Å². The molecule has 1 aliphatic heterocycles. The molecule has 8 heteroatoms. The average Bonchev–Trinajstić information content (AvgIpc) is 2.57. The molecule has 108 valence electrons. The molecular weight excluding hydrogens is 261 g/mol. The molecule has 18 heavy (non-hydrogen) atoms. The van der Waals surface area contributed by atoms with Crippen LogP contribution in [0.2, 0.25) is 0 Å². The Balaban J connectivity index is 2.67. The van der Waals surface area contributed by atoms with Gasteiger partial charge in [-0.2, -0.15) is 0 Å². The molecule has 0 radical (unpaired) electrons. The minimum atomic E-state index is -3.28. The summed E-state index contributed by atoms with van der Waals surface area (Å²) in [4.78, 5) is 0. The van der Waals surface area contributed by atoms with E-state index >= 15 is 0 Å². The summed E-state index contributed by atoms with van der Waals surface area (Å²) >= 11 is 0. The van der Waals surface area contributed by atoms with Crippen molar-refractivity contribution in [3.8, 4) is 0 Å². The van der Waals surface area contributed by atoms with Crippen LogP contribution in [0.4, 0.5) is 0 Å². The van der Waals surface area contributed by atoms with Gasteiger partial charge >= 0.3 is 7.60 Å². The third-order valence-electron chi connectivity index (χ3n) is 2.87. The standard InChI is InChI=1S/C10H22NO6P/c1-3-16-18(15,17-4-2)6-8-10(14)9(13)7(5-12)11-8/h7-14H,3-6H2,1-2H3/t7-,8+,9-,10-/m1/s1. The summed E-state index contributed by atoms with van der Waals surface area (Å²) in [6.07, 6.45) is -2.23. The number of hydrogen-bond acceptors (Lipinski definition) is 7. The molecule has 0 aliphatic carbocycles. The Bertz CT molecular complexity index is 292. The van der Waals surface area contributed by atoms with Crippen LogP contribution < -0.4 is 5.32 Å². The van der Waals surface area contributed by atoms with Crippen molar-refractivity contribution in [2.45, 2.75) is 38.1 Å². The fourth-order valence-corrected chi connectivity index (χ4v) is 3.92. The molecule has 1 rings (SSSR count). The fourth-order valence-electron chi connectivity index (χ4n) is 2.05. The quantitative estimate of drug-likeness (QED) is 0.458. The average molecular weight is 283 g/mol. The van der Waals surface area contributed by atoms with E-state index in [1.807, 2.05) is 0 Å². The minimum absolute atomic E-state index is 0.0383. The molecule has 0 spiro atoms. The second-order valence-corrected chi connectivity index (χ2v) is 6.28. The Hall–Kier alpha value is -0.0100. The lowest BCUT2D eigenvalue weighted by Crippen LogP contribution is -2.38. The molecule has 1 aliphatic rings. The molecule has 0 aromatic rings. The van der Waals surface area contributed by atoms with Crippen molar-refractivity contribution in [1.29, 1.82) is 0 Å². The van der Waals surface area contributed by atoms with E-state index in [9.17, 15) is 14.8 Å². The van der Waals surface area contributed by atoms with Gasteiger partial charge in [-0.15, -0.1) is 0 Å². The van der Waals surface area contributed by atoms with Crippen molar-refractivity contribution in [1.82, 2.24) is 5.32 Å². The van der Waals surface area contributed by atoms with Gasteiger partial charge in [-0.3, -0.25) is 4.57 Å². The van der Waals surface area contributed by atoms with Gasteiger partial charge in [0, 0.05) is 6.04 Å². The lowest BCUT2D eigenvalue weighted by molar-refractivity contribution is 0.0211. The number of aliphatic hydroxyl groups excluding tert-OH is 3. The van der Waals surface area contributed by atoms with Crippen LogP contribution in [0.5, 0.6) is 0 Å². The van der Waals surface area contributed by atoms with E-state index in [1.165, 1.54) is 0 Å². The number of hydrogen-bond donors (Lipinski definition) is 4. The smallest absolute Gasteiger partial charge is 0.332 e. The minimum Gasteiger partial charge on any atom is -0.395 e. The third-order valence-corrected chi connectivity index (χ3v) is 5.01. The number of nitrogens with one attached hydrogen (secondary N) is 1. The molecule has 1 fully saturated rings. The molecule has 4 N–H and O–H groups in total. The number of aliphatic hydroxyl groups is 3. The monoisotopic (exact) mass is 283 g/mol. The SMILES string of the molecule is CCOP(=O)(C[C@@H]1N[C@H](CO)[C@@H](O)[C@@H]1O)OCC. The van der Waals surface area contributed by atoms with Gasteiger partial charge in [-0.1, -0.05) is 0 Å². The van der Waals surface area contributed by atoms with Gasteiger partial charge in [-0.25, -0.2) is 0 Å². The van der Waals surface area contributed by atoms with E-state index in [4.69, 9.17) is 14.2 Å². The van der Waals surface area contributed by atoms with E-state index in [-0.39, 0.29) is 26.0 Å². The van der Waals surface area contributed by atoms with Crippen molar-refractivity contribution in [2.75, 3.05) is 26.0 Å². The largest absolute Gasteiger partial charge is 0.395 e. The van der Waals surface area contributed by atoms with Crippen LogP contribution in [0.3, 0.4) is 0 Å². The van der Waals surface area contributed by atoms with Crippen molar-refractivity contribution in [3.63, 3.8) is 0 Å². The Kier molecular flexibility index (Phi) is 6.20. The zero-order chi connectivity index (χ0) is 13.8. The summed E-state index contributed by atoms with van der Waals surface area (Å²) in [5.74, 6) is 0. The molecule has 0 bridgehead atoms. The maximum Gasteiger partial charge on any atom is 0.332 e. The summed E-state index contributed by atoms with van der Waals surface area (Å²) in [5.41, 5.74) is 0. The molecule has 7 nitrogen and oxygen atoms in total. The van der Waals surface area contributed by atoms with Crippen LogP contribution in [0.1, 0.15) is 13.8 Å². The normalized spacial score (nSPS) is 32.9. The van der Waals surface area contributed by atoms with E-state index in [1.54, 1.807) is 13.8 Å². The molecule has 0 saturated carbocycles. The lowest BCUT2D eigenvalue weighted by atomic mass is 10.1. The van der Waals surface area contributed by atoms with Crippen LogP contribution in [-0.4, -0.2) is 65.6 Å². The molecule has 0 aromatic heterocycles. The predicted molar refractivity (Wildman–Crippen MR) is 65.5 cm³/mol. The van der Waals surface area contributed by atoms with Crippen LogP contribution in [0.25, 0.3) is 0 Å². The summed E-state index contributed by atoms with van der Waals surface area (Å²) < 4.78 is 22.5. The Labute approximate surface area is 107 Å². The van der Waals surface area contributed by atoms with Gasteiger partial charge in [0.25, 0.3) is 0 Å². The first-order valence-corrected chi connectivity index (χ1v) is 7.81. The van der Waals surface area contributed by atoms with Gasteiger partial charge in [-0.05, 0) is 13.8 Å². The van der Waals surface area contributed by atoms with Gasteiger partial charge in [0.15, 0.2) is 0 Å². The topological polar surface area (TPSA) is 108 Å². The van der Waals surface area contributed by atoms with E-state index in [0.29, 0.717) is 0 Å². The van der Waals surface area contributed by atoms with Crippen molar-refractivity contribution < 1.29 is 28.9 Å². The van der Waals surface area contributed by atoms with E-state index < -0.39 is 31.9 Å². The zero-order valence-corrected chi connectivity index (χ0v) is 11.5. The molecule has 0 amide bonds. The molecule has 1 heterocycles. The van der Waals surface area contributed by atoms with Crippen LogP contribution in [0, 0.1) is 0 Å². The highest BCUT2D eigenvalue weighted by atomic mass is 31.2. The Morgan fingerprint density at radius 1 is 1.11 bits per heavy atom. The summed E-state index contributed by atoms with van der Waals surface area (Å²) in [6.45, 7) is 3.59. The molecule has 0 unspecified atom stereocenters. The van der Waals surface area contributed by atoms with Crippen molar-refractivity contribution in [2.24, 2.45) is 0 Å². The van der Waals surface area contributed by atoms with E-state index in [2.05, 4.69) is 5.32 Å². The maximum absolute atomic E-state index is 12.3. The zero-order valence-electron chi connectivity index (χ0n) is 10.7. The highest BCUT2D eigenvalue weighted by molar-refractivity contribution is 7.53. The van der Waals surface area contributed by atoms with Gasteiger partial charge in [0.05, 0.1) is 44.2 Å². The summed E-state index contributed by atoms with van der Waals surface area (Å²) in [6, 6.07) is -1.25. The van der Waals surface area contributed by atoms with Gasteiger partial charge in [0.1, 0.15) is 0 Å². The summed E-state index contributed by atoms with van der Waals surface area (Å²) in [7, 11) is -3.28. The first-order chi connectivity index (χ1) is 8.47. The highest BCUT2D eigenvalue weighted by Crippen LogP contribution is 2.49. The van der Waals surface area contributed by atoms with Gasteiger partial charge in [0.2, 0.25) is 0 Å². The Morgan fingerprint density at radius 3 is 2.00 bits per heavy atom. The molecule has 0 aromatic carbocycles. The fraction of sp³-hybridized carbons (Fsp3) is 1.00. The predicted octanol–water partition coefficient (Wildman–Crippen LogP) is -0.693. The molecule has 4 atom stereocenters. The third kappa shape index (κ3) is 3.74. The second kappa shape index (κ2) is 6.96. The van der Waals surface area contributed by atoms with Gasteiger partial charge < -0.3 is 29.7 Å². The number of rotatable bonds is 7. The lowest BCUT2D eigenvalue weighted by Gasteiger charge is -2.22. The van der Waals surface area contributed by atoms with Crippen LogP contribution in [-0.2, 0) is 13.6 Å². The van der Waals surface area contributed by atoms with E-state index in [0.717, 1.165) is 0 Å². The highest BCUT2D eigenvalue weighted by Gasteiger charge is 2.44. The molecule has 1 saturated heterocycles. The maximum atomic E-state index is 12.3. The summed E-state index contributed by atoms with van der Waals surface area (Å²) in [5, 5.41) is 31.3. The van der Waals surface area contributed by atoms with Crippen LogP contribution >= 0.6 is 7.60 Å². The Morgan fingerprint density at radius 2 is 1.61 bits per heavy atom. The molecular formula is C10H22NO6P. The van der Waals surface area contributed by atoms with Crippen molar-refractivity contribution >= 4 is 7.60 Å². The first kappa shape index (κ1) is 16.0. The first-order valence-electron chi connectivity index (χ1n) is 6.08.